The molecule has 2 rings (SSSR count). The van der Waals surface area contributed by atoms with Gasteiger partial charge in [0.15, 0.2) is 0 Å². The average molecular weight is 184 g/mol. The Morgan fingerprint density at radius 3 is 3.15 bits per heavy atom. The summed E-state index contributed by atoms with van der Waals surface area (Å²) in [6.07, 6.45) is -0.188. The lowest BCUT2D eigenvalue weighted by Gasteiger charge is -2.25. The molecule has 0 aromatic carbocycles. The third kappa shape index (κ3) is 1.31. The number of methoxy groups -OCH3 is 1. The molecule has 2 radical (unpaired) electrons. The van der Waals surface area contributed by atoms with Crippen LogP contribution in [-0.4, -0.2) is 57.1 Å². The van der Waals surface area contributed by atoms with E-state index in [9.17, 15) is 5.11 Å². The van der Waals surface area contributed by atoms with Gasteiger partial charge in [0.05, 0.1) is 13.2 Å². The molecule has 4 nitrogen and oxygen atoms in total. The van der Waals surface area contributed by atoms with Crippen LogP contribution in [-0.2, 0) is 14.2 Å². The summed E-state index contributed by atoms with van der Waals surface area (Å²) in [5, 5.41) is 10.2. The normalized spacial score (nSPS) is 49.5. The van der Waals surface area contributed by atoms with E-state index in [1.165, 1.54) is 0 Å². The third-order valence-corrected chi connectivity index (χ3v) is 2.79. The number of hydrogen-bond donors (Lipinski definition) is 1. The summed E-state index contributed by atoms with van der Waals surface area (Å²) in [6, 6.07) is -0.535. The third-order valence-electron chi connectivity index (χ3n) is 2.79. The number of rotatable bonds is 2. The fraction of sp³-hybridized carbons (Fsp3) is 1.00. The molecule has 72 valence electrons. The van der Waals surface area contributed by atoms with Crippen molar-refractivity contribution >= 4 is 7.85 Å². The smallest absolute Gasteiger partial charge is 0.123 e. The predicted molar refractivity (Wildman–Crippen MR) is 45.6 cm³/mol. The van der Waals surface area contributed by atoms with Gasteiger partial charge in [-0.25, -0.2) is 0 Å². The lowest BCUT2D eigenvalue weighted by atomic mass is 9.84. The second-order valence-electron chi connectivity index (χ2n) is 3.58. The lowest BCUT2D eigenvalue weighted by Crippen LogP contribution is -2.46. The second-order valence-corrected chi connectivity index (χ2v) is 3.58. The minimum atomic E-state index is -0.949. The van der Waals surface area contributed by atoms with Gasteiger partial charge >= 0.3 is 0 Å². The van der Waals surface area contributed by atoms with Gasteiger partial charge in [-0.05, 0) is 0 Å². The summed E-state index contributed by atoms with van der Waals surface area (Å²) in [6.45, 7) is 0.891. The van der Waals surface area contributed by atoms with Crippen LogP contribution in [0.2, 0.25) is 0 Å². The Labute approximate surface area is 78.6 Å². The number of hydrogen-bond acceptors (Lipinski definition) is 4. The highest BCUT2D eigenvalue weighted by Gasteiger charge is 2.57. The Kier molecular flexibility index (Phi) is 2.36. The molecular weight excluding hydrogens is 171 g/mol. The van der Waals surface area contributed by atoms with Crippen LogP contribution in [0.4, 0.5) is 0 Å². The molecule has 13 heavy (non-hydrogen) atoms. The van der Waals surface area contributed by atoms with E-state index in [-0.39, 0.29) is 6.10 Å². The maximum Gasteiger partial charge on any atom is 0.123 e. The molecule has 0 aromatic rings. The van der Waals surface area contributed by atoms with Gasteiger partial charge < -0.3 is 19.3 Å². The summed E-state index contributed by atoms with van der Waals surface area (Å²) < 4.78 is 15.6. The van der Waals surface area contributed by atoms with Gasteiger partial charge in [-0.2, -0.15) is 0 Å². The van der Waals surface area contributed by atoms with E-state index in [1.807, 2.05) is 0 Å². The van der Waals surface area contributed by atoms with Crippen LogP contribution in [0, 0.1) is 0 Å². The van der Waals surface area contributed by atoms with E-state index in [0.717, 1.165) is 0 Å². The van der Waals surface area contributed by atoms with Gasteiger partial charge in [0.2, 0.25) is 0 Å². The molecule has 0 amide bonds. The van der Waals surface area contributed by atoms with Crippen molar-refractivity contribution in [2.75, 3.05) is 20.3 Å². The Balaban J connectivity index is 2.13. The average Bonchev–Trinajstić information content (AvgIpc) is 2.55. The van der Waals surface area contributed by atoms with Crippen molar-refractivity contribution in [1.82, 2.24) is 0 Å². The summed E-state index contributed by atoms with van der Waals surface area (Å²) >= 11 is 0. The minimum Gasteiger partial charge on any atom is -0.384 e. The van der Waals surface area contributed by atoms with E-state index in [2.05, 4.69) is 0 Å². The monoisotopic (exact) mass is 184 g/mol. The highest BCUT2D eigenvalue weighted by molar-refractivity contribution is 6.11. The standard InChI is InChI=1S/C8H13BO4/c1-11-4-5-8(10)2-3-12-6(8)7(9)13-5/h5-7,10H,2-4H2,1H3. The maximum atomic E-state index is 10.2. The Morgan fingerprint density at radius 2 is 2.46 bits per heavy atom. The first-order valence-electron chi connectivity index (χ1n) is 4.42. The topological polar surface area (TPSA) is 47.9 Å². The molecule has 1 N–H and O–H groups in total. The Hall–Kier alpha value is -0.0951. The molecule has 2 fully saturated rings. The number of aliphatic hydroxyl groups is 1. The summed E-state index contributed by atoms with van der Waals surface area (Å²) in [4.78, 5) is 0. The molecule has 2 saturated heterocycles. The van der Waals surface area contributed by atoms with Crippen molar-refractivity contribution < 1.29 is 19.3 Å². The van der Waals surface area contributed by atoms with Crippen molar-refractivity contribution in [2.45, 2.75) is 30.2 Å². The van der Waals surface area contributed by atoms with Gasteiger partial charge in [-0.15, -0.1) is 0 Å². The molecule has 0 bridgehead atoms. The first kappa shape index (κ1) is 9.46. The molecule has 4 atom stereocenters. The molecule has 2 aliphatic heterocycles. The largest absolute Gasteiger partial charge is 0.384 e. The summed E-state index contributed by atoms with van der Waals surface area (Å²) in [5.74, 6) is 0. The van der Waals surface area contributed by atoms with Crippen LogP contribution in [0.25, 0.3) is 0 Å². The van der Waals surface area contributed by atoms with Gasteiger partial charge in [0.1, 0.15) is 25.7 Å². The summed E-state index contributed by atoms with van der Waals surface area (Å²) in [7, 11) is 7.23. The number of fused-ring (bicyclic) bond motifs is 1. The van der Waals surface area contributed by atoms with E-state index in [4.69, 9.17) is 22.1 Å². The van der Waals surface area contributed by atoms with E-state index < -0.39 is 17.7 Å². The predicted octanol–water partition coefficient (Wildman–Crippen LogP) is -0.954. The van der Waals surface area contributed by atoms with Gasteiger partial charge in [-0.1, -0.05) is 0 Å². The molecule has 5 heteroatoms. The van der Waals surface area contributed by atoms with Crippen LogP contribution < -0.4 is 0 Å². The zero-order valence-corrected chi connectivity index (χ0v) is 7.60. The fourth-order valence-corrected chi connectivity index (χ4v) is 2.07. The van der Waals surface area contributed by atoms with E-state index >= 15 is 0 Å². The van der Waals surface area contributed by atoms with E-state index in [1.54, 1.807) is 7.11 Å². The van der Waals surface area contributed by atoms with Crippen molar-refractivity contribution in [1.29, 1.82) is 0 Å². The molecule has 0 aromatic heterocycles. The van der Waals surface area contributed by atoms with Crippen LogP contribution in [0.3, 0.4) is 0 Å². The van der Waals surface area contributed by atoms with E-state index in [0.29, 0.717) is 19.6 Å². The number of ether oxygens (including phenoxy) is 3. The maximum absolute atomic E-state index is 10.2. The molecule has 0 saturated carbocycles. The molecular formula is C8H13BO4. The van der Waals surface area contributed by atoms with Crippen molar-refractivity contribution in [3.63, 3.8) is 0 Å². The molecule has 0 spiro atoms. The van der Waals surface area contributed by atoms with Crippen molar-refractivity contribution in [3.8, 4) is 0 Å². The SMILES string of the molecule is [B]C1OC(COC)C2(O)CCOC12. The van der Waals surface area contributed by atoms with Gasteiger partial charge in [0.25, 0.3) is 0 Å². The fourth-order valence-electron chi connectivity index (χ4n) is 2.07. The lowest BCUT2D eigenvalue weighted by molar-refractivity contribution is -0.0741. The van der Waals surface area contributed by atoms with Gasteiger partial charge in [0, 0.05) is 19.5 Å². The highest BCUT2D eigenvalue weighted by atomic mass is 16.6. The first-order chi connectivity index (χ1) is 6.18. The van der Waals surface area contributed by atoms with Crippen LogP contribution in [0.5, 0.6) is 0 Å². The Bertz CT molecular complexity index is 201. The zero-order chi connectivity index (χ0) is 9.47. The quantitative estimate of drug-likeness (QED) is 0.562. The van der Waals surface area contributed by atoms with Crippen molar-refractivity contribution in [2.24, 2.45) is 0 Å². The molecule has 0 aliphatic carbocycles. The summed E-state index contributed by atoms with van der Waals surface area (Å²) in [5.41, 5.74) is -0.949. The molecule has 2 heterocycles. The molecule has 2 aliphatic rings. The van der Waals surface area contributed by atoms with Crippen LogP contribution in [0.1, 0.15) is 6.42 Å². The Morgan fingerprint density at radius 1 is 1.69 bits per heavy atom. The van der Waals surface area contributed by atoms with Crippen molar-refractivity contribution in [3.05, 3.63) is 0 Å². The molecule has 4 unspecified atom stereocenters. The first-order valence-corrected chi connectivity index (χ1v) is 4.42. The second kappa shape index (κ2) is 3.24. The van der Waals surface area contributed by atoms with Crippen LogP contribution >= 0.6 is 0 Å². The highest BCUT2D eigenvalue weighted by Crippen LogP contribution is 2.39. The van der Waals surface area contributed by atoms with Gasteiger partial charge in [-0.3, -0.25) is 0 Å². The minimum absolute atomic E-state index is 0.351. The zero-order valence-electron chi connectivity index (χ0n) is 7.60. The van der Waals surface area contributed by atoms with Crippen LogP contribution in [0.15, 0.2) is 0 Å².